The van der Waals surface area contributed by atoms with Gasteiger partial charge in [-0.2, -0.15) is 9.78 Å². The van der Waals surface area contributed by atoms with Crippen LogP contribution in [0.1, 0.15) is 32.0 Å². The van der Waals surface area contributed by atoms with E-state index in [0.29, 0.717) is 11.9 Å². The standard InChI is InChI=1S/C17H17ClN4O2/c1-17(2,3)24-16(23)22-14-5-4-11(8-12(14)10-20-22)9-13-6-7-19-15(18)21-13/h4-8,10H,9H2,1-3H3. The van der Waals surface area contributed by atoms with E-state index in [1.807, 2.05) is 45.0 Å². The molecule has 0 fully saturated rings. The Morgan fingerprint density at radius 2 is 2.08 bits per heavy atom. The monoisotopic (exact) mass is 344 g/mol. The molecule has 0 unspecified atom stereocenters. The Morgan fingerprint density at radius 1 is 1.29 bits per heavy atom. The molecule has 3 aromatic rings. The Morgan fingerprint density at radius 3 is 2.79 bits per heavy atom. The zero-order valence-electron chi connectivity index (χ0n) is 13.7. The van der Waals surface area contributed by atoms with Gasteiger partial charge in [0, 0.05) is 23.7 Å². The molecular formula is C17H17ClN4O2. The molecule has 0 N–H and O–H groups in total. The van der Waals surface area contributed by atoms with Crippen LogP contribution in [0.15, 0.2) is 36.7 Å². The molecule has 0 amide bonds. The molecule has 0 atom stereocenters. The van der Waals surface area contributed by atoms with Gasteiger partial charge in [0.15, 0.2) is 0 Å². The van der Waals surface area contributed by atoms with Crippen LogP contribution in [-0.4, -0.2) is 31.4 Å². The number of hydrogen-bond donors (Lipinski definition) is 0. The summed E-state index contributed by atoms with van der Waals surface area (Å²) in [6.07, 6.45) is 3.41. The van der Waals surface area contributed by atoms with Crippen molar-refractivity contribution >= 4 is 28.6 Å². The summed E-state index contributed by atoms with van der Waals surface area (Å²) in [5, 5.41) is 5.22. The Labute approximate surface area is 144 Å². The molecule has 2 heterocycles. The van der Waals surface area contributed by atoms with Crippen LogP contribution in [0, 0.1) is 0 Å². The minimum Gasteiger partial charge on any atom is -0.442 e. The Bertz CT molecular complexity index is 899. The van der Waals surface area contributed by atoms with E-state index in [1.54, 1.807) is 12.4 Å². The molecule has 7 heteroatoms. The van der Waals surface area contributed by atoms with Crippen LogP contribution in [0.4, 0.5) is 4.79 Å². The normalized spacial score (nSPS) is 11.7. The zero-order valence-corrected chi connectivity index (χ0v) is 14.4. The number of carbonyl (C=O) groups is 1. The number of halogens is 1. The molecule has 6 nitrogen and oxygen atoms in total. The lowest BCUT2D eigenvalue weighted by molar-refractivity contribution is 0.0523. The topological polar surface area (TPSA) is 69.9 Å². The van der Waals surface area contributed by atoms with Crippen molar-refractivity contribution in [1.82, 2.24) is 19.7 Å². The summed E-state index contributed by atoms with van der Waals surface area (Å²) < 4.78 is 6.63. The number of hydrogen-bond acceptors (Lipinski definition) is 5. The highest BCUT2D eigenvalue weighted by atomic mass is 35.5. The lowest BCUT2D eigenvalue weighted by Crippen LogP contribution is -2.27. The van der Waals surface area contributed by atoms with Crippen molar-refractivity contribution in [2.45, 2.75) is 32.8 Å². The molecule has 0 bridgehead atoms. The average molecular weight is 345 g/mol. The molecule has 124 valence electrons. The van der Waals surface area contributed by atoms with Crippen LogP contribution in [0.2, 0.25) is 5.28 Å². The first-order valence-corrected chi connectivity index (χ1v) is 7.87. The van der Waals surface area contributed by atoms with Gasteiger partial charge in [-0.05, 0) is 56.1 Å². The van der Waals surface area contributed by atoms with E-state index >= 15 is 0 Å². The summed E-state index contributed by atoms with van der Waals surface area (Å²) in [6, 6.07) is 7.57. The van der Waals surface area contributed by atoms with E-state index in [2.05, 4.69) is 15.1 Å². The molecule has 1 aromatic carbocycles. The van der Waals surface area contributed by atoms with Crippen LogP contribution in [0.3, 0.4) is 0 Å². The minimum absolute atomic E-state index is 0.228. The summed E-state index contributed by atoms with van der Waals surface area (Å²) in [5.74, 6) is 0. The molecule has 0 aliphatic rings. The third-order valence-electron chi connectivity index (χ3n) is 3.27. The fraction of sp³-hybridized carbons (Fsp3) is 0.294. The number of benzene rings is 1. The van der Waals surface area contributed by atoms with Crippen molar-refractivity contribution < 1.29 is 9.53 Å². The largest absolute Gasteiger partial charge is 0.442 e. The smallest absolute Gasteiger partial charge is 0.435 e. The van der Waals surface area contributed by atoms with Gasteiger partial charge in [-0.3, -0.25) is 0 Å². The summed E-state index contributed by atoms with van der Waals surface area (Å²) in [7, 11) is 0. The Hall–Kier alpha value is -2.47. The number of ether oxygens (including phenoxy) is 1. The van der Waals surface area contributed by atoms with Crippen LogP contribution in [0.5, 0.6) is 0 Å². The maximum Gasteiger partial charge on any atom is 0.435 e. The van der Waals surface area contributed by atoms with Crippen LogP contribution in [-0.2, 0) is 11.2 Å². The second kappa shape index (κ2) is 6.20. The quantitative estimate of drug-likeness (QED) is 0.660. The fourth-order valence-electron chi connectivity index (χ4n) is 2.32. The summed E-state index contributed by atoms with van der Waals surface area (Å²) in [4.78, 5) is 20.2. The average Bonchev–Trinajstić information content (AvgIpc) is 2.88. The predicted octanol–water partition coefficient (Wildman–Crippen LogP) is 3.85. The molecule has 0 saturated heterocycles. The van der Waals surface area contributed by atoms with E-state index in [0.717, 1.165) is 16.6 Å². The van der Waals surface area contributed by atoms with Gasteiger partial charge in [0.2, 0.25) is 5.28 Å². The minimum atomic E-state index is -0.568. The number of nitrogens with zero attached hydrogens (tertiary/aromatic N) is 4. The second-order valence-corrected chi connectivity index (χ2v) is 6.76. The first kappa shape index (κ1) is 16.4. The van der Waals surface area contributed by atoms with E-state index in [9.17, 15) is 4.79 Å². The molecule has 3 rings (SSSR count). The molecule has 2 aromatic heterocycles. The number of carbonyl (C=O) groups excluding carboxylic acids is 1. The molecule has 0 saturated carbocycles. The van der Waals surface area contributed by atoms with Crippen molar-refractivity contribution in [2.75, 3.05) is 0 Å². The van der Waals surface area contributed by atoms with Gasteiger partial charge in [-0.25, -0.2) is 14.8 Å². The van der Waals surface area contributed by atoms with Gasteiger partial charge in [-0.15, -0.1) is 0 Å². The third kappa shape index (κ3) is 3.71. The van der Waals surface area contributed by atoms with Crippen molar-refractivity contribution in [3.05, 3.63) is 53.2 Å². The first-order valence-electron chi connectivity index (χ1n) is 7.49. The van der Waals surface area contributed by atoms with E-state index in [4.69, 9.17) is 16.3 Å². The molecular weight excluding hydrogens is 328 g/mol. The highest BCUT2D eigenvalue weighted by Crippen LogP contribution is 2.19. The lowest BCUT2D eigenvalue weighted by Gasteiger charge is -2.19. The number of rotatable bonds is 2. The van der Waals surface area contributed by atoms with E-state index < -0.39 is 11.7 Å². The molecule has 0 aliphatic heterocycles. The third-order valence-corrected chi connectivity index (χ3v) is 3.45. The second-order valence-electron chi connectivity index (χ2n) is 6.42. The van der Waals surface area contributed by atoms with E-state index in [1.165, 1.54) is 4.68 Å². The highest BCUT2D eigenvalue weighted by molar-refractivity contribution is 6.28. The van der Waals surface area contributed by atoms with Gasteiger partial charge in [0.05, 0.1) is 11.7 Å². The first-order chi connectivity index (χ1) is 11.3. The van der Waals surface area contributed by atoms with Gasteiger partial charge in [0.25, 0.3) is 0 Å². The molecule has 0 spiro atoms. The van der Waals surface area contributed by atoms with Crippen LogP contribution in [0.25, 0.3) is 10.9 Å². The summed E-state index contributed by atoms with van der Waals surface area (Å²) >= 11 is 5.81. The van der Waals surface area contributed by atoms with Crippen LogP contribution >= 0.6 is 11.6 Å². The SMILES string of the molecule is CC(C)(C)OC(=O)n1ncc2cc(Cc3ccnc(Cl)n3)ccc21. The lowest BCUT2D eigenvalue weighted by atomic mass is 10.1. The molecule has 0 radical (unpaired) electrons. The van der Waals surface area contributed by atoms with Gasteiger partial charge in [-0.1, -0.05) is 6.07 Å². The zero-order chi connectivity index (χ0) is 17.3. The fourth-order valence-corrected chi connectivity index (χ4v) is 2.48. The van der Waals surface area contributed by atoms with Crippen molar-refractivity contribution in [1.29, 1.82) is 0 Å². The maximum absolute atomic E-state index is 12.2. The number of aromatic nitrogens is 4. The maximum atomic E-state index is 12.2. The summed E-state index contributed by atoms with van der Waals surface area (Å²) in [5.41, 5.74) is 2.00. The number of fused-ring (bicyclic) bond motifs is 1. The Balaban J connectivity index is 1.87. The van der Waals surface area contributed by atoms with Crippen molar-refractivity contribution in [2.24, 2.45) is 0 Å². The molecule has 24 heavy (non-hydrogen) atoms. The van der Waals surface area contributed by atoms with Gasteiger partial charge in [0.1, 0.15) is 5.60 Å². The van der Waals surface area contributed by atoms with Crippen LogP contribution < -0.4 is 0 Å². The van der Waals surface area contributed by atoms with Gasteiger partial charge < -0.3 is 4.74 Å². The Kier molecular flexibility index (Phi) is 4.24. The van der Waals surface area contributed by atoms with Crippen molar-refractivity contribution in [3.8, 4) is 0 Å². The van der Waals surface area contributed by atoms with Crippen molar-refractivity contribution in [3.63, 3.8) is 0 Å². The highest BCUT2D eigenvalue weighted by Gasteiger charge is 2.20. The molecule has 0 aliphatic carbocycles. The predicted molar refractivity (Wildman–Crippen MR) is 91.2 cm³/mol. The van der Waals surface area contributed by atoms with Gasteiger partial charge >= 0.3 is 6.09 Å². The van der Waals surface area contributed by atoms with E-state index in [-0.39, 0.29) is 5.28 Å². The summed E-state index contributed by atoms with van der Waals surface area (Å²) in [6.45, 7) is 5.46.